The maximum Gasteiger partial charge on any atom is 0.0943 e. The molecule has 2 heteroatoms. The van der Waals surface area contributed by atoms with Gasteiger partial charge in [-0.3, -0.25) is 0 Å². The molecule has 0 amide bonds. The third-order valence-electron chi connectivity index (χ3n) is 3.09. The van der Waals surface area contributed by atoms with E-state index in [1.807, 2.05) is 17.8 Å². The molecule has 1 aromatic heterocycles. The minimum Gasteiger partial charge on any atom is -0.341 e. The number of imidazole rings is 1. The van der Waals surface area contributed by atoms with Crippen LogP contribution in [0, 0.1) is 0 Å². The molecule has 0 unspecified atom stereocenters. The van der Waals surface area contributed by atoms with Gasteiger partial charge in [0, 0.05) is 19.4 Å². The Morgan fingerprint density at radius 1 is 0.778 bits per heavy atom. The van der Waals surface area contributed by atoms with E-state index in [2.05, 4.69) is 18.8 Å². The summed E-state index contributed by atoms with van der Waals surface area (Å²) in [6.45, 7) is 4.56. The normalized spacial score (nSPS) is 9.94. The second kappa shape index (κ2) is 14.3. The summed E-state index contributed by atoms with van der Waals surface area (Å²) in [5.74, 6) is 0. The second-order valence-electron chi connectivity index (χ2n) is 5.06. The van der Waals surface area contributed by atoms with Gasteiger partial charge in [-0.05, 0) is 0 Å². The molecule has 0 aliphatic rings. The van der Waals surface area contributed by atoms with Gasteiger partial charge in [0.15, 0.2) is 0 Å². The summed E-state index contributed by atoms with van der Waals surface area (Å²) < 4.78 is 1.89. The number of rotatable bonds is 9. The topological polar surface area (TPSA) is 17.8 Å². The van der Waals surface area contributed by atoms with Crippen LogP contribution in [0.25, 0.3) is 0 Å². The van der Waals surface area contributed by atoms with Crippen LogP contribution in [0.2, 0.25) is 0 Å². The van der Waals surface area contributed by atoms with E-state index < -0.39 is 0 Å². The highest BCUT2D eigenvalue weighted by Gasteiger charge is 1.90. The summed E-state index contributed by atoms with van der Waals surface area (Å²) in [5.41, 5.74) is 0. The Balaban J connectivity index is 0.000000397. The average Bonchev–Trinajstić information content (AvgIpc) is 2.85. The van der Waals surface area contributed by atoms with Gasteiger partial charge in [-0.25, -0.2) is 4.98 Å². The monoisotopic (exact) mass is 252 g/mol. The predicted molar refractivity (Wildman–Crippen MR) is 80.7 cm³/mol. The highest BCUT2D eigenvalue weighted by molar-refractivity contribution is 4.70. The Hall–Kier alpha value is -0.790. The molecule has 0 saturated heterocycles. The molecule has 106 valence electrons. The standard InChI is InChI=1S/C12H26.C4H6N2/c1-3-5-7-9-11-12-10-8-6-4-2;1-6-3-2-5-4-6/h3-12H2,1-2H3;2-4H,1H3. The molecule has 0 N–H and O–H groups in total. The summed E-state index contributed by atoms with van der Waals surface area (Å²) in [4.78, 5) is 3.78. The van der Waals surface area contributed by atoms with E-state index >= 15 is 0 Å². The first-order chi connectivity index (χ1) is 8.81. The lowest BCUT2D eigenvalue weighted by molar-refractivity contribution is 0.562. The molecule has 0 radical (unpaired) electrons. The quantitative estimate of drug-likeness (QED) is 0.542. The molecule has 0 bridgehead atoms. The SMILES string of the molecule is CCCCCCCCCCCC.Cn1ccnc1. The van der Waals surface area contributed by atoms with E-state index in [-0.39, 0.29) is 0 Å². The van der Waals surface area contributed by atoms with Crippen LogP contribution in [-0.4, -0.2) is 9.55 Å². The van der Waals surface area contributed by atoms with Gasteiger partial charge in [0.1, 0.15) is 0 Å². The van der Waals surface area contributed by atoms with Crippen molar-refractivity contribution in [2.24, 2.45) is 7.05 Å². The lowest BCUT2D eigenvalue weighted by atomic mass is 10.1. The Labute approximate surface area is 114 Å². The maximum atomic E-state index is 3.78. The lowest BCUT2D eigenvalue weighted by Gasteiger charge is -1.99. The predicted octanol–water partition coefficient (Wildman–Crippen LogP) is 5.35. The van der Waals surface area contributed by atoms with Crippen LogP contribution >= 0.6 is 0 Å². The Bertz CT molecular complexity index is 219. The third kappa shape index (κ3) is 13.3. The number of aromatic nitrogens is 2. The molecule has 1 heterocycles. The van der Waals surface area contributed by atoms with Crippen molar-refractivity contribution in [1.82, 2.24) is 9.55 Å². The number of hydrogen-bond acceptors (Lipinski definition) is 1. The fraction of sp³-hybridized carbons (Fsp3) is 0.812. The number of nitrogens with zero attached hydrogens (tertiary/aromatic N) is 2. The minimum absolute atomic E-state index is 1.37. The Morgan fingerprint density at radius 2 is 1.22 bits per heavy atom. The van der Waals surface area contributed by atoms with Crippen LogP contribution < -0.4 is 0 Å². The largest absolute Gasteiger partial charge is 0.341 e. The molecular weight excluding hydrogens is 220 g/mol. The average molecular weight is 252 g/mol. The van der Waals surface area contributed by atoms with Crippen molar-refractivity contribution in [1.29, 1.82) is 0 Å². The zero-order valence-corrected chi connectivity index (χ0v) is 12.7. The molecule has 0 atom stereocenters. The Kier molecular flexibility index (Phi) is 13.6. The van der Waals surface area contributed by atoms with Crippen molar-refractivity contribution in [3.8, 4) is 0 Å². The molecule has 2 nitrogen and oxygen atoms in total. The first-order valence-corrected chi connectivity index (χ1v) is 7.73. The minimum atomic E-state index is 1.37. The van der Waals surface area contributed by atoms with E-state index in [0.717, 1.165) is 0 Å². The van der Waals surface area contributed by atoms with E-state index in [9.17, 15) is 0 Å². The number of aryl methyl sites for hydroxylation is 1. The molecular formula is C16H32N2. The number of unbranched alkanes of at least 4 members (excludes halogenated alkanes) is 9. The summed E-state index contributed by atoms with van der Waals surface area (Å²) >= 11 is 0. The van der Waals surface area contributed by atoms with Crippen molar-refractivity contribution >= 4 is 0 Å². The first kappa shape index (κ1) is 17.2. The van der Waals surface area contributed by atoms with E-state index in [0.29, 0.717) is 0 Å². The first-order valence-electron chi connectivity index (χ1n) is 7.73. The molecule has 0 aliphatic heterocycles. The van der Waals surface area contributed by atoms with Crippen LogP contribution in [0.1, 0.15) is 78.1 Å². The molecule has 0 fully saturated rings. The fourth-order valence-corrected chi connectivity index (χ4v) is 1.89. The van der Waals surface area contributed by atoms with Crippen molar-refractivity contribution < 1.29 is 0 Å². The molecule has 18 heavy (non-hydrogen) atoms. The summed E-state index contributed by atoms with van der Waals surface area (Å²) in [6, 6.07) is 0. The van der Waals surface area contributed by atoms with Crippen molar-refractivity contribution in [3.05, 3.63) is 18.7 Å². The van der Waals surface area contributed by atoms with Gasteiger partial charge in [0.05, 0.1) is 6.33 Å². The van der Waals surface area contributed by atoms with Gasteiger partial charge < -0.3 is 4.57 Å². The number of hydrogen-bond donors (Lipinski definition) is 0. The lowest BCUT2D eigenvalue weighted by Crippen LogP contribution is -1.80. The van der Waals surface area contributed by atoms with Crippen molar-refractivity contribution in [3.63, 3.8) is 0 Å². The molecule has 1 rings (SSSR count). The van der Waals surface area contributed by atoms with Crippen molar-refractivity contribution in [2.45, 2.75) is 78.1 Å². The van der Waals surface area contributed by atoms with Gasteiger partial charge in [-0.2, -0.15) is 0 Å². The zero-order chi connectivity index (χ0) is 13.5. The van der Waals surface area contributed by atoms with E-state index in [1.165, 1.54) is 64.2 Å². The van der Waals surface area contributed by atoms with Crippen LogP contribution in [0.4, 0.5) is 0 Å². The van der Waals surface area contributed by atoms with Gasteiger partial charge in [0.25, 0.3) is 0 Å². The van der Waals surface area contributed by atoms with Crippen molar-refractivity contribution in [2.75, 3.05) is 0 Å². The maximum absolute atomic E-state index is 3.78. The smallest absolute Gasteiger partial charge is 0.0943 e. The van der Waals surface area contributed by atoms with Crippen LogP contribution in [-0.2, 0) is 7.05 Å². The van der Waals surface area contributed by atoms with E-state index in [1.54, 1.807) is 12.5 Å². The summed E-state index contributed by atoms with van der Waals surface area (Å²) in [7, 11) is 1.94. The fourth-order valence-electron chi connectivity index (χ4n) is 1.89. The summed E-state index contributed by atoms with van der Waals surface area (Å²) in [5, 5.41) is 0. The van der Waals surface area contributed by atoms with Crippen LogP contribution in [0.3, 0.4) is 0 Å². The van der Waals surface area contributed by atoms with Gasteiger partial charge >= 0.3 is 0 Å². The van der Waals surface area contributed by atoms with Gasteiger partial charge in [-0.15, -0.1) is 0 Å². The van der Waals surface area contributed by atoms with Gasteiger partial charge in [-0.1, -0.05) is 78.1 Å². The second-order valence-corrected chi connectivity index (χ2v) is 5.06. The zero-order valence-electron chi connectivity index (χ0n) is 12.7. The molecule has 0 saturated carbocycles. The van der Waals surface area contributed by atoms with E-state index in [4.69, 9.17) is 0 Å². The summed E-state index contributed by atoms with van der Waals surface area (Å²) in [6.07, 6.45) is 19.8. The molecule has 1 aromatic rings. The highest BCUT2D eigenvalue weighted by atomic mass is 15.0. The molecule has 0 aliphatic carbocycles. The highest BCUT2D eigenvalue weighted by Crippen LogP contribution is 2.09. The Morgan fingerprint density at radius 3 is 1.44 bits per heavy atom. The van der Waals surface area contributed by atoms with Gasteiger partial charge in [0.2, 0.25) is 0 Å². The molecule has 0 aromatic carbocycles. The molecule has 0 spiro atoms. The van der Waals surface area contributed by atoms with Crippen LogP contribution in [0.15, 0.2) is 18.7 Å². The van der Waals surface area contributed by atoms with Crippen LogP contribution in [0.5, 0.6) is 0 Å². The third-order valence-corrected chi connectivity index (χ3v) is 3.09.